The molecule has 1 heterocycles. The fourth-order valence-electron chi connectivity index (χ4n) is 2.31. The van der Waals surface area contributed by atoms with Gasteiger partial charge in [0.15, 0.2) is 0 Å². The first-order valence-corrected chi connectivity index (χ1v) is 8.50. The van der Waals surface area contributed by atoms with Gasteiger partial charge in [-0.3, -0.25) is 4.79 Å². The molecule has 1 aliphatic carbocycles. The van der Waals surface area contributed by atoms with Crippen LogP contribution in [0.3, 0.4) is 0 Å². The molecule has 0 radical (unpaired) electrons. The Morgan fingerprint density at radius 3 is 2.81 bits per heavy atom. The number of alkyl halides is 2. The van der Waals surface area contributed by atoms with Crippen LogP contribution in [0.2, 0.25) is 0 Å². The van der Waals surface area contributed by atoms with Crippen molar-refractivity contribution in [2.75, 3.05) is 6.54 Å². The van der Waals surface area contributed by atoms with Gasteiger partial charge >= 0.3 is 0 Å². The zero-order valence-corrected chi connectivity index (χ0v) is 14.0. The van der Waals surface area contributed by atoms with Gasteiger partial charge in [-0.15, -0.1) is 34.5 Å². The summed E-state index contributed by atoms with van der Waals surface area (Å²) in [6.45, 7) is 2.42. The van der Waals surface area contributed by atoms with Gasteiger partial charge in [0.25, 0.3) is 0 Å². The van der Waals surface area contributed by atoms with Gasteiger partial charge in [0.1, 0.15) is 4.33 Å². The van der Waals surface area contributed by atoms with Crippen LogP contribution in [0.25, 0.3) is 10.2 Å². The van der Waals surface area contributed by atoms with Crippen molar-refractivity contribution in [2.45, 2.75) is 30.5 Å². The minimum absolute atomic E-state index is 0.0585. The van der Waals surface area contributed by atoms with Crippen LogP contribution in [0, 0.1) is 5.41 Å². The highest BCUT2D eigenvalue weighted by atomic mass is 35.5. The van der Waals surface area contributed by atoms with Crippen LogP contribution < -0.4 is 5.32 Å². The Balaban J connectivity index is 1.47. The Bertz CT molecular complexity index is 652. The average molecular weight is 343 g/mol. The van der Waals surface area contributed by atoms with Crippen LogP contribution in [-0.2, 0) is 11.2 Å². The second-order valence-electron chi connectivity index (χ2n) is 5.65. The molecule has 1 fully saturated rings. The summed E-state index contributed by atoms with van der Waals surface area (Å²) in [4.78, 5) is 16.6. The number of rotatable bonds is 5. The van der Waals surface area contributed by atoms with Gasteiger partial charge in [0, 0.05) is 13.0 Å². The van der Waals surface area contributed by atoms with E-state index >= 15 is 0 Å². The van der Waals surface area contributed by atoms with E-state index < -0.39 is 9.75 Å². The lowest BCUT2D eigenvalue weighted by atomic mass is 10.1. The molecule has 3 rings (SSSR count). The second kappa shape index (κ2) is 5.41. The molecular formula is C15H16Cl2N2OS. The Hall–Kier alpha value is -0.840. The lowest BCUT2D eigenvalue weighted by Crippen LogP contribution is -2.34. The molecule has 1 aromatic heterocycles. The summed E-state index contributed by atoms with van der Waals surface area (Å²) >= 11 is 13.7. The summed E-state index contributed by atoms with van der Waals surface area (Å²) in [5, 5.41) is 4.02. The van der Waals surface area contributed by atoms with Crippen LogP contribution in [-0.4, -0.2) is 21.8 Å². The normalized spacial score (nSPS) is 23.2. The fourth-order valence-corrected chi connectivity index (χ4v) is 4.02. The van der Waals surface area contributed by atoms with E-state index in [4.69, 9.17) is 23.2 Å². The first-order valence-electron chi connectivity index (χ1n) is 6.93. The molecule has 1 amide bonds. The van der Waals surface area contributed by atoms with Crippen LogP contribution in [0.15, 0.2) is 24.3 Å². The monoisotopic (exact) mass is 342 g/mol. The molecule has 2 aromatic rings. The molecule has 21 heavy (non-hydrogen) atoms. The smallest absolute Gasteiger partial charge is 0.229 e. The molecule has 1 aromatic carbocycles. The number of fused-ring (bicyclic) bond motifs is 1. The number of aryl methyl sites for hydroxylation is 1. The second-order valence-corrected chi connectivity index (χ2v) is 8.25. The van der Waals surface area contributed by atoms with Crippen LogP contribution >= 0.6 is 34.5 Å². The molecular weight excluding hydrogens is 327 g/mol. The topological polar surface area (TPSA) is 42.0 Å². The van der Waals surface area contributed by atoms with E-state index in [0.29, 0.717) is 13.0 Å². The molecule has 0 saturated heterocycles. The summed E-state index contributed by atoms with van der Waals surface area (Å²) in [5.41, 5.74) is 0.410. The van der Waals surface area contributed by atoms with Crippen molar-refractivity contribution < 1.29 is 4.79 Å². The average Bonchev–Trinajstić information content (AvgIpc) is 2.82. The lowest BCUT2D eigenvalue weighted by molar-refractivity contribution is -0.125. The number of thiazole rings is 1. The van der Waals surface area contributed by atoms with E-state index in [2.05, 4.69) is 16.4 Å². The highest BCUT2D eigenvalue weighted by molar-refractivity contribution is 7.18. The van der Waals surface area contributed by atoms with Crippen LogP contribution in [0.1, 0.15) is 24.8 Å². The van der Waals surface area contributed by atoms with Gasteiger partial charge in [-0.25, -0.2) is 4.98 Å². The third-order valence-corrected chi connectivity index (χ3v) is 6.15. The summed E-state index contributed by atoms with van der Waals surface area (Å²) in [6, 6.07) is 8.11. The van der Waals surface area contributed by atoms with Gasteiger partial charge in [-0.1, -0.05) is 12.1 Å². The molecule has 3 nitrogen and oxygen atoms in total. The van der Waals surface area contributed by atoms with Crippen molar-refractivity contribution in [3.05, 3.63) is 29.3 Å². The first kappa shape index (κ1) is 15.1. The van der Waals surface area contributed by atoms with Crippen molar-refractivity contribution in [1.29, 1.82) is 0 Å². The number of halogens is 2. The van der Waals surface area contributed by atoms with Gasteiger partial charge in [-0.05, 0) is 31.9 Å². The molecule has 1 saturated carbocycles. The Labute approximate surface area is 137 Å². The molecule has 6 heteroatoms. The van der Waals surface area contributed by atoms with E-state index in [-0.39, 0.29) is 5.91 Å². The molecule has 1 N–H and O–H groups in total. The standard InChI is InChI=1S/C15H16Cl2N2OS/c1-14(9-15(14,16)17)13(20)18-8-4-7-12-19-10-5-2-3-6-11(10)21-12/h2-3,5-6H,4,7-9H2,1H3,(H,18,20). The Morgan fingerprint density at radius 2 is 2.14 bits per heavy atom. The largest absolute Gasteiger partial charge is 0.356 e. The fraction of sp³-hybridized carbons (Fsp3) is 0.467. The molecule has 1 unspecified atom stereocenters. The van der Waals surface area contributed by atoms with E-state index in [0.717, 1.165) is 23.4 Å². The molecule has 0 bridgehead atoms. The van der Waals surface area contributed by atoms with E-state index in [9.17, 15) is 4.79 Å². The molecule has 0 spiro atoms. The maximum atomic E-state index is 12.0. The molecule has 1 aliphatic rings. The zero-order valence-electron chi connectivity index (χ0n) is 11.7. The molecule has 0 aliphatic heterocycles. The highest BCUT2D eigenvalue weighted by Gasteiger charge is 2.67. The zero-order chi connectivity index (χ0) is 15.1. The van der Waals surface area contributed by atoms with Crippen molar-refractivity contribution in [2.24, 2.45) is 5.41 Å². The lowest BCUT2D eigenvalue weighted by Gasteiger charge is -2.12. The summed E-state index contributed by atoms with van der Waals surface area (Å²) < 4.78 is 0.306. The number of benzene rings is 1. The quantitative estimate of drug-likeness (QED) is 0.660. The maximum Gasteiger partial charge on any atom is 0.229 e. The Morgan fingerprint density at radius 1 is 1.43 bits per heavy atom. The number of hydrogen-bond donors (Lipinski definition) is 1. The minimum Gasteiger partial charge on any atom is -0.356 e. The predicted octanol–water partition coefficient (Wildman–Crippen LogP) is 3.93. The van der Waals surface area contributed by atoms with Crippen LogP contribution in [0.5, 0.6) is 0 Å². The first-order chi connectivity index (χ1) is 9.92. The summed E-state index contributed by atoms with van der Waals surface area (Å²) in [5.74, 6) is -0.0585. The number of hydrogen-bond acceptors (Lipinski definition) is 3. The third-order valence-electron chi connectivity index (χ3n) is 3.95. The highest BCUT2D eigenvalue weighted by Crippen LogP contribution is 2.63. The van der Waals surface area contributed by atoms with Crippen molar-refractivity contribution in [3.63, 3.8) is 0 Å². The number of para-hydroxylation sites is 1. The van der Waals surface area contributed by atoms with Crippen molar-refractivity contribution in [1.82, 2.24) is 10.3 Å². The number of amides is 1. The van der Waals surface area contributed by atoms with E-state index in [1.54, 1.807) is 18.3 Å². The van der Waals surface area contributed by atoms with Gasteiger partial charge in [-0.2, -0.15) is 0 Å². The summed E-state index contributed by atoms with van der Waals surface area (Å²) in [7, 11) is 0. The van der Waals surface area contributed by atoms with Gasteiger partial charge in [0.2, 0.25) is 5.91 Å². The van der Waals surface area contributed by atoms with E-state index in [1.165, 1.54) is 4.70 Å². The SMILES string of the molecule is CC1(C(=O)NCCCc2nc3ccccc3s2)CC1(Cl)Cl. The van der Waals surface area contributed by atoms with Gasteiger partial charge in [0.05, 0.1) is 20.6 Å². The molecule has 112 valence electrons. The Kier molecular flexibility index (Phi) is 3.89. The number of aromatic nitrogens is 1. The number of nitrogens with zero attached hydrogens (tertiary/aromatic N) is 1. The number of carbonyl (C=O) groups is 1. The molecule has 1 atom stereocenters. The maximum absolute atomic E-state index is 12.0. The third kappa shape index (κ3) is 2.89. The van der Waals surface area contributed by atoms with E-state index in [1.807, 2.05) is 18.2 Å². The van der Waals surface area contributed by atoms with Gasteiger partial charge < -0.3 is 5.32 Å². The van der Waals surface area contributed by atoms with Crippen molar-refractivity contribution >= 4 is 50.7 Å². The summed E-state index contributed by atoms with van der Waals surface area (Å²) in [6.07, 6.45) is 2.25. The number of carbonyl (C=O) groups excluding carboxylic acids is 1. The minimum atomic E-state index is -0.899. The number of nitrogens with one attached hydrogen (secondary N) is 1. The van der Waals surface area contributed by atoms with Crippen LogP contribution in [0.4, 0.5) is 0 Å². The van der Waals surface area contributed by atoms with Crippen molar-refractivity contribution in [3.8, 4) is 0 Å². The predicted molar refractivity (Wildman–Crippen MR) is 88.1 cm³/mol.